The van der Waals surface area contributed by atoms with Crippen molar-refractivity contribution < 1.29 is 9.53 Å². The average molecular weight is 372 g/mol. The molecule has 4 rings (SSSR count). The third-order valence-electron chi connectivity index (χ3n) is 4.62. The lowest BCUT2D eigenvalue weighted by molar-refractivity contribution is 0.0459. The first-order valence-electron chi connectivity index (χ1n) is 8.66. The summed E-state index contributed by atoms with van der Waals surface area (Å²) in [5.74, 6) is -0.276. The Labute approximate surface area is 160 Å². The molecule has 28 heavy (non-hydrogen) atoms. The Hall–Kier alpha value is -3.92. The van der Waals surface area contributed by atoms with Crippen LogP contribution in [0.2, 0.25) is 0 Å². The quantitative estimate of drug-likeness (QED) is 0.514. The number of carbonyl (C=O) groups is 1. The van der Waals surface area contributed by atoms with Crippen molar-refractivity contribution in [3.8, 4) is 6.07 Å². The van der Waals surface area contributed by atoms with Crippen LogP contribution in [0.4, 0.5) is 0 Å². The van der Waals surface area contributed by atoms with E-state index in [4.69, 9.17) is 10.00 Å². The summed E-state index contributed by atoms with van der Waals surface area (Å²) in [6, 6.07) is 16.4. The first-order valence-corrected chi connectivity index (χ1v) is 8.66. The smallest absolute Gasteiger partial charge is 0.340 e. The number of esters is 1. The van der Waals surface area contributed by atoms with Gasteiger partial charge in [-0.05, 0) is 18.2 Å². The lowest BCUT2D eigenvalue weighted by Crippen LogP contribution is -2.26. The van der Waals surface area contributed by atoms with Crippen molar-refractivity contribution in [3.63, 3.8) is 0 Å². The van der Waals surface area contributed by atoms with E-state index in [-0.39, 0.29) is 24.5 Å². The molecule has 0 atom stereocenters. The maximum atomic E-state index is 12.7. The van der Waals surface area contributed by atoms with Gasteiger partial charge in [0.1, 0.15) is 13.2 Å². The summed E-state index contributed by atoms with van der Waals surface area (Å²) < 4.78 is 8.53. The molecular weight excluding hydrogens is 356 g/mol. The summed E-state index contributed by atoms with van der Waals surface area (Å²) >= 11 is 0. The minimum atomic E-state index is -0.511. The fourth-order valence-corrected chi connectivity index (χ4v) is 3.27. The van der Waals surface area contributed by atoms with E-state index in [1.165, 1.54) is 4.57 Å². The van der Waals surface area contributed by atoms with Crippen molar-refractivity contribution in [2.24, 2.45) is 7.05 Å². The number of hydrogen-bond donors (Lipinski definition) is 0. The van der Waals surface area contributed by atoms with E-state index < -0.39 is 5.97 Å². The Morgan fingerprint density at radius 2 is 1.86 bits per heavy atom. The van der Waals surface area contributed by atoms with Gasteiger partial charge in [0.25, 0.3) is 5.56 Å². The number of fused-ring (bicyclic) bond motifs is 2. The van der Waals surface area contributed by atoms with Gasteiger partial charge in [0.15, 0.2) is 5.82 Å². The molecule has 0 fully saturated rings. The number of aromatic nitrogens is 3. The lowest BCUT2D eigenvalue weighted by Gasteiger charge is -2.11. The molecule has 0 unspecified atom stereocenters. The second-order valence-electron chi connectivity index (χ2n) is 6.34. The van der Waals surface area contributed by atoms with Gasteiger partial charge in [-0.2, -0.15) is 5.26 Å². The maximum Gasteiger partial charge on any atom is 0.340 e. The summed E-state index contributed by atoms with van der Waals surface area (Å²) in [4.78, 5) is 29.7. The minimum Gasteiger partial charge on any atom is -0.454 e. The van der Waals surface area contributed by atoms with E-state index >= 15 is 0 Å². The van der Waals surface area contributed by atoms with E-state index in [0.29, 0.717) is 16.5 Å². The van der Waals surface area contributed by atoms with Crippen LogP contribution in [0.3, 0.4) is 0 Å². The third kappa shape index (κ3) is 2.91. The second-order valence-corrected chi connectivity index (χ2v) is 6.34. The molecule has 2 heterocycles. The fraction of sp³-hybridized carbons (Fsp3) is 0.143. The van der Waals surface area contributed by atoms with Crippen molar-refractivity contribution in [2.45, 2.75) is 13.2 Å². The molecule has 0 amide bonds. The molecule has 0 saturated carbocycles. The molecule has 7 nitrogen and oxygen atoms in total. The second kappa shape index (κ2) is 7.00. The maximum absolute atomic E-state index is 12.7. The van der Waals surface area contributed by atoms with Crippen LogP contribution >= 0.6 is 0 Å². The molecule has 2 aromatic carbocycles. The van der Waals surface area contributed by atoms with Gasteiger partial charge in [0, 0.05) is 24.1 Å². The summed E-state index contributed by atoms with van der Waals surface area (Å²) in [6.45, 7) is -0.373. The zero-order chi connectivity index (χ0) is 19.7. The van der Waals surface area contributed by atoms with Gasteiger partial charge in [-0.15, -0.1) is 0 Å². The number of hydrogen-bond acceptors (Lipinski definition) is 5. The number of nitriles is 1. The molecule has 0 spiro atoms. The van der Waals surface area contributed by atoms with Gasteiger partial charge in [-0.25, -0.2) is 9.78 Å². The third-order valence-corrected chi connectivity index (χ3v) is 4.62. The SMILES string of the molecule is Cn1cc(C(=O)OCc2nc3ccccc3c(=O)n2CC#N)c2ccccc21. The van der Waals surface area contributed by atoms with Crippen LogP contribution in [0.5, 0.6) is 0 Å². The number of aryl methyl sites for hydroxylation is 1. The van der Waals surface area contributed by atoms with Crippen LogP contribution in [0.25, 0.3) is 21.8 Å². The van der Waals surface area contributed by atoms with E-state index in [9.17, 15) is 9.59 Å². The van der Waals surface area contributed by atoms with Crippen LogP contribution in [-0.2, 0) is 24.9 Å². The van der Waals surface area contributed by atoms with Crippen LogP contribution in [0.1, 0.15) is 16.2 Å². The number of para-hydroxylation sites is 2. The Bertz CT molecular complexity index is 1310. The molecule has 0 radical (unpaired) electrons. The Kier molecular flexibility index (Phi) is 4.38. The van der Waals surface area contributed by atoms with Gasteiger partial charge in [-0.3, -0.25) is 9.36 Å². The zero-order valence-electron chi connectivity index (χ0n) is 15.1. The Balaban J connectivity index is 1.68. The molecular formula is C21H16N4O3. The van der Waals surface area contributed by atoms with Crippen molar-refractivity contribution >= 4 is 27.8 Å². The predicted octanol–water partition coefficient (Wildman–Crippen LogP) is 2.77. The average Bonchev–Trinajstić information content (AvgIpc) is 3.06. The van der Waals surface area contributed by atoms with E-state index in [0.717, 1.165) is 10.9 Å². The van der Waals surface area contributed by atoms with E-state index in [2.05, 4.69) is 4.98 Å². The Morgan fingerprint density at radius 1 is 1.14 bits per heavy atom. The summed E-state index contributed by atoms with van der Waals surface area (Å²) in [5.41, 5.74) is 1.52. The normalized spacial score (nSPS) is 10.9. The molecule has 0 aliphatic heterocycles. The highest BCUT2D eigenvalue weighted by Gasteiger charge is 2.17. The number of ether oxygens (including phenoxy) is 1. The topological polar surface area (TPSA) is 89.9 Å². The van der Waals surface area contributed by atoms with Crippen molar-refractivity contribution in [3.05, 3.63) is 76.5 Å². The van der Waals surface area contributed by atoms with Crippen LogP contribution in [0, 0.1) is 11.3 Å². The van der Waals surface area contributed by atoms with Gasteiger partial charge < -0.3 is 9.30 Å². The van der Waals surface area contributed by atoms with Gasteiger partial charge >= 0.3 is 5.97 Å². The highest BCUT2D eigenvalue weighted by Crippen LogP contribution is 2.21. The van der Waals surface area contributed by atoms with E-state index in [1.807, 2.05) is 41.9 Å². The first-order chi connectivity index (χ1) is 13.6. The van der Waals surface area contributed by atoms with E-state index in [1.54, 1.807) is 30.5 Å². The molecule has 0 N–H and O–H groups in total. The predicted molar refractivity (Wildman–Crippen MR) is 104 cm³/mol. The van der Waals surface area contributed by atoms with Gasteiger partial charge in [0.2, 0.25) is 0 Å². The number of carbonyl (C=O) groups excluding carboxylic acids is 1. The number of rotatable bonds is 4. The molecule has 0 saturated heterocycles. The monoisotopic (exact) mass is 372 g/mol. The first kappa shape index (κ1) is 17.5. The molecule has 2 aromatic heterocycles. The Morgan fingerprint density at radius 3 is 2.64 bits per heavy atom. The molecule has 4 aromatic rings. The molecule has 0 bridgehead atoms. The van der Waals surface area contributed by atoms with Crippen molar-refractivity contribution in [1.29, 1.82) is 5.26 Å². The fourth-order valence-electron chi connectivity index (χ4n) is 3.27. The number of nitrogens with zero attached hydrogens (tertiary/aromatic N) is 4. The highest BCUT2D eigenvalue weighted by molar-refractivity contribution is 6.04. The highest BCUT2D eigenvalue weighted by atomic mass is 16.5. The lowest BCUT2D eigenvalue weighted by atomic mass is 10.2. The number of benzene rings is 2. The van der Waals surface area contributed by atoms with Crippen LogP contribution < -0.4 is 5.56 Å². The minimum absolute atomic E-state index is 0.169. The molecule has 138 valence electrons. The van der Waals surface area contributed by atoms with Gasteiger partial charge in [0.05, 0.1) is 22.5 Å². The summed E-state index contributed by atoms with van der Waals surface area (Å²) in [6.07, 6.45) is 1.71. The van der Waals surface area contributed by atoms with Crippen molar-refractivity contribution in [2.75, 3.05) is 0 Å². The molecule has 7 heteroatoms. The zero-order valence-corrected chi connectivity index (χ0v) is 15.1. The van der Waals surface area contributed by atoms with Gasteiger partial charge in [-0.1, -0.05) is 30.3 Å². The standard InChI is InChI=1S/C21H16N4O3/c1-24-12-16(14-6-3-5-9-18(14)24)21(27)28-13-19-23-17-8-4-2-7-15(17)20(26)25(19)11-10-22/h2-9,12H,11,13H2,1H3. The van der Waals surface area contributed by atoms with Crippen molar-refractivity contribution in [1.82, 2.24) is 14.1 Å². The summed E-state index contributed by atoms with van der Waals surface area (Å²) in [7, 11) is 1.86. The summed E-state index contributed by atoms with van der Waals surface area (Å²) in [5, 5.41) is 10.3. The largest absolute Gasteiger partial charge is 0.454 e. The van der Waals surface area contributed by atoms with Crippen LogP contribution in [-0.4, -0.2) is 20.1 Å². The van der Waals surface area contributed by atoms with Crippen LogP contribution in [0.15, 0.2) is 59.5 Å². The molecule has 0 aliphatic rings. The molecule has 0 aliphatic carbocycles.